The van der Waals surface area contributed by atoms with Crippen molar-refractivity contribution in [1.82, 2.24) is 10.2 Å². The maximum Gasteiger partial charge on any atom is 0.264 e. The number of rotatable bonds is 11. The molecule has 0 heterocycles. The molecule has 9 heteroatoms. The number of hydrogen-bond donors (Lipinski definition) is 1. The Balaban J connectivity index is 2.03. The summed E-state index contributed by atoms with van der Waals surface area (Å²) in [7, 11) is -4.15. The highest BCUT2D eigenvalue weighted by Crippen LogP contribution is 2.26. The van der Waals surface area contributed by atoms with E-state index in [1.807, 2.05) is 26.8 Å². The van der Waals surface area contributed by atoms with Crippen LogP contribution in [0, 0.1) is 19.7 Å². The summed E-state index contributed by atoms with van der Waals surface area (Å²) >= 11 is 0. The van der Waals surface area contributed by atoms with Gasteiger partial charge in [0, 0.05) is 18.7 Å². The van der Waals surface area contributed by atoms with E-state index in [1.54, 1.807) is 43.3 Å². The lowest BCUT2D eigenvalue weighted by Gasteiger charge is -2.32. The van der Waals surface area contributed by atoms with Gasteiger partial charge in [-0.2, -0.15) is 0 Å². The largest absolute Gasteiger partial charge is 0.354 e. The predicted octanol–water partition coefficient (Wildman–Crippen LogP) is 4.58. The van der Waals surface area contributed by atoms with Crippen LogP contribution in [0.5, 0.6) is 0 Å². The molecule has 7 nitrogen and oxygen atoms in total. The van der Waals surface area contributed by atoms with Gasteiger partial charge in [-0.15, -0.1) is 0 Å². The van der Waals surface area contributed by atoms with Gasteiger partial charge in [0.2, 0.25) is 11.8 Å². The van der Waals surface area contributed by atoms with E-state index in [4.69, 9.17) is 0 Å². The fraction of sp³-hybridized carbons (Fsp3) is 0.310. The van der Waals surface area contributed by atoms with Crippen molar-refractivity contribution in [3.05, 3.63) is 95.3 Å². The lowest BCUT2D eigenvalue weighted by Crippen LogP contribution is -2.51. The Morgan fingerprint density at radius 1 is 0.947 bits per heavy atom. The lowest BCUT2D eigenvalue weighted by molar-refractivity contribution is -0.139. The van der Waals surface area contributed by atoms with Crippen LogP contribution >= 0.6 is 0 Å². The summed E-state index contributed by atoms with van der Waals surface area (Å²) in [5.74, 6) is -1.56. The minimum atomic E-state index is -4.15. The van der Waals surface area contributed by atoms with Crippen LogP contribution in [-0.2, 0) is 26.2 Å². The third-order valence-corrected chi connectivity index (χ3v) is 7.98. The Bertz CT molecular complexity index is 1380. The van der Waals surface area contributed by atoms with Crippen LogP contribution in [0.3, 0.4) is 0 Å². The van der Waals surface area contributed by atoms with Crippen LogP contribution in [0.25, 0.3) is 0 Å². The van der Waals surface area contributed by atoms with Crippen molar-refractivity contribution >= 4 is 27.5 Å². The second kappa shape index (κ2) is 12.7. The molecule has 3 aromatic rings. The molecule has 1 atom stereocenters. The molecule has 2 amide bonds. The van der Waals surface area contributed by atoms with E-state index in [0.29, 0.717) is 18.7 Å². The number of anilines is 1. The Kier molecular flexibility index (Phi) is 9.63. The number of nitrogens with one attached hydrogen (secondary N) is 1. The third kappa shape index (κ3) is 6.98. The van der Waals surface area contributed by atoms with Crippen molar-refractivity contribution in [3.8, 4) is 0 Å². The summed E-state index contributed by atoms with van der Waals surface area (Å²) in [6, 6.07) is 18.2. The van der Waals surface area contributed by atoms with Crippen molar-refractivity contribution in [2.24, 2.45) is 0 Å². The number of aryl methyl sites for hydroxylation is 2. The number of sulfonamides is 1. The molecule has 0 saturated heterocycles. The Labute approximate surface area is 224 Å². The van der Waals surface area contributed by atoms with Gasteiger partial charge in [-0.1, -0.05) is 55.0 Å². The standard InChI is InChI=1S/C29H34FN3O4S/c1-5-17-31-29(35)23(4)32(19-24-10-6-7-12-27(24)30)28(34)20-33(25-11-8-9-22(3)18-25)38(36,37)26-15-13-21(2)14-16-26/h6-16,18,23H,5,17,19-20H2,1-4H3,(H,31,35). The molecule has 0 bridgehead atoms. The van der Waals surface area contributed by atoms with Crippen molar-refractivity contribution in [2.75, 3.05) is 17.4 Å². The van der Waals surface area contributed by atoms with Crippen molar-refractivity contribution in [2.45, 2.75) is 51.6 Å². The molecule has 0 radical (unpaired) electrons. The number of halogens is 1. The fourth-order valence-corrected chi connectivity index (χ4v) is 5.34. The number of nitrogens with zero attached hydrogens (tertiary/aromatic N) is 2. The number of carbonyl (C=O) groups is 2. The molecule has 0 aliphatic carbocycles. The minimum Gasteiger partial charge on any atom is -0.354 e. The summed E-state index contributed by atoms with van der Waals surface area (Å²) < 4.78 is 43.2. The van der Waals surface area contributed by atoms with Gasteiger partial charge in [0.1, 0.15) is 18.4 Å². The molecule has 3 rings (SSSR count). The van der Waals surface area contributed by atoms with Gasteiger partial charge in [0.15, 0.2) is 0 Å². The van der Waals surface area contributed by atoms with Crippen LogP contribution in [0.1, 0.15) is 37.0 Å². The van der Waals surface area contributed by atoms with Gasteiger partial charge in [-0.05, 0) is 63.1 Å². The molecular formula is C29H34FN3O4S. The van der Waals surface area contributed by atoms with E-state index in [-0.39, 0.29) is 17.0 Å². The summed E-state index contributed by atoms with van der Waals surface area (Å²) in [6.07, 6.45) is 0.704. The maximum absolute atomic E-state index is 14.6. The SMILES string of the molecule is CCCNC(=O)C(C)N(Cc1ccccc1F)C(=O)CN(c1cccc(C)c1)S(=O)(=O)c1ccc(C)cc1. The van der Waals surface area contributed by atoms with E-state index < -0.39 is 40.2 Å². The quantitative estimate of drug-likeness (QED) is 0.387. The van der Waals surface area contributed by atoms with Gasteiger partial charge < -0.3 is 10.2 Å². The number of benzene rings is 3. The highest BCUT2D eigenvalue weighted by molar-refractivity contribution is 7.92. The van der Waals surface area contributed by atoms with Gasteiger partial charge in [0.05, 0.1) is 10.6 Å². The zero-order chi connectivity index (χ0) is 27.9. The first-order valence-electron chi connectivity index (χ1n) is 12.5. The van der Waals surface area contributed by atoms with Crippen LogP contribution in [0.2, 0.25) is 0 Å². The van der Waals surface area contributed by atoms with Crippen LogP contribution in [0.15, 0.2) is 77.7 Å². The van der Waals surface area contributed by atoms with Crippen molar-refractivity contribution in [1.29, 1.82) is 0 Å². The van der Waals surface area contributed by atoms with Gasteiger partial charge in [-0.25, -0.2) is 12.8 Å². The van der Waals surface area contributed by atoms with Crippen LogP contribution in [0.4, 0.5) is 10.1 Å². The average molecular weight is 540 g/mol. The predicted molar refractivity (Wildman–Crippen MR) is 147 cm³/mol. The van der Waals surface area contributed by atoms with Crippen LogP contribution in [-0.4, -0.2) is 44.3 Å². The van der Waals surface area contributed by atoms with Crippen molar-refractivity contribution in [3.63, 3.8) is 0 Å². The molecule has 0 aromatic heterocycles. The summed E-state index contributed by atoms with van der Waals surface area (Å²) in [5.41, 5.74) is 2.24. The number of carbonyl (C=O) groups excluding carboxylic acids is 2. The zero-order valence-electron chi connectivity index (χ0n) is 22.1. The number of amides is 2. The molecule has 202 valence electrons. The smallest absolute Gasteiger partial charge is 0.264 e. The van der Waals surface area contributed by atoms with E-state index in [1.165, 1.54) is 35.2 Å². The molecule has 0 aliphatic rings. The van der Waals surface area contributed by atoms with E-state index in [2.05, 4.69) is 5.32 Å². The Hall–Kier alpha value is -3.72. The first-order valence-corrected chi connectivity index (χ1v) is 13.9. The van der Waals surface area contributed by atoms with E-state index in [9.17, 15) is 22.4 Å². The maximum atomic E-state index is 14.6. The molecule has 1 unspecified atom stereocenters. The highest BCUT2D eigenvalue weighted by atomic mass is 32.2. The third-order valence-electron chi connectivity index (χ3n) is 6.19. The molecule has 0 aliphatic heterocycles. The number of hydrogen-bond acceptors (Lipinski definition) is 4. The normalized spacial score (nSPS) is 12.0. The van der Waals surface area contributed by atoms with Crippen LogP contribution < -0.4 is 9.62 Å². The highest BCUT2D eigenvalue weighted by Gasteiger charge is 2.32. The van der Waals surface area contributed by atoms with Gasteiger partial charge >= 0.3 is 0 Å². The molecule has 0 fully saturated rings. The van der Waals surface area contributed by atoms with E-state index >= 15 is 0 Å². The summed E-state index contributed by atoms with van der Waals surface area (Å²) in [6.45, 7) is 6.79. The molecule has 0 saturated carbocycles. The van der Waals surface area contributed by atoms with Crippen molar-refractivity contribution < 1.29 is 22.4 Å². The molecule has 1 N–H and O–H groups in total. The first kappa shape index (κ1) is 28.8. The lowest BCUT2D eigenvalue weighted by atomic mass is 10.1. The van der Waals surface area contributed by atoms with Gasteiger partial charge in [0.25, 0.3) is 10.0 Å². The average Bonchev–Trinajstić information content (AvgIpc) is 2.89. The molecule has 0 spiro atoms. The van der Waals surface area contributed by atoms with E-state index in [0.717, 1.165) is 15.4 Å². The topological polar surface area (TPSA) is 86.8 Å². The monoisotopic (exact) mass is 539 g/mol. The minimum absolute atomic E-state index is 0.0341. The second-order valence-corrected chi connectivity index (χ2v) is 11.1. The van der Waals surface area contributed by atoms with Gasteiger partial charge in [-0.3, -0.25) is 13.9 Å². The molecular weight excluding hydrogens is 505 g/mol. The Morgan fingerprint density at radius 2 is 1.63 bits per heavy atom. The molecule has 38 heavy (non-hydrogen) atoms. The molecule has 3 aromatic carbocycles. The first-order chi connectivity index (χ1) is 18.0. The zero-order valence-corrected chi connectivity index (χ0v) is 23.0. The summed E-state index contributed by atoms with van der Waals surface area (Å²) in [5, 5.41) is 2.76. The fourth-order valence-electron chi connectivity index (χ4n) is 3.94. The summed E-state index contributed by atoms with van der Waals surface area (Å²) in [4.78, 5) is 27.9. The second-order valence-electron chi connectivity index (χ2n) is 9.24. The Morgan fingerprint density at radius 3 is 2.26 bits per heavy atom.